The van der Waals surface area contributed by atoms with E-state index in [-0.39, 0.29) is 6.04 Å². The summed E-state index contributed by atoms with van der Waals surface area (Å²) < 4.78 is 28.4. The van der Waals surface area contributed by atoms with Crippen molar-refractivity contribution < 1.29 is 8.78 Å². The van der Waals surface area contributed by atoms with Gasteiger partial charge in [-0.05, 0) is 5.56 Å². The number of benzene rings is 2. The molecule has 3 nitrogen and oxygen atoms in total. The quantitative estimate of drug-likeness (QED) is 0.797. The van der Waals surface area contributed by atoms with Crippen LogP contribution in [-0.2, 0) is 0 Å². The highest BCUT2D eigenvalue weighted by Gasteiger charge is 2.16. The van der Waals surface area contributed by atoms with E-state index in [9.17, 15) is 8.78 Å². The topological polar surface area (TPSA) is 43.8 Å². The summed E-state index contributed by atoms with van der Waals surface area (Å²) in [6.07, 6.45) is 1.56. The molecule has 2 N–H and O–H groups in total. The number of rotatable bonds is 3. The third-order valence-corrected chi connectivity index (χ3v) is 3.36. The zero-order chi connectivity index (χ0) is 14.1. The van der Waals surface area contributed by atoms with Crippen LogP contribution in [0.4, 0.5) is 8.78 Å². The number of nitrogens with zero attached hydrogens (tertiary/aromatic N) is 2. The Hall–Kier alpha value is -2.27. The van der Waals surface area contributed by atoms with Crippen LogP contribution in [-0.4, -0.2) is 16.1 Å². The molecule has 0 saturated heterocycles. The molecule has 1 aromatic heterocycles. The van der Waals surface area contributed by atoms with E-state index in [0.29, 0.717) is 17.6 Å². The number of nitrogens with two attached hydrogens (primary N) is 1. The lowest BCUT2D eigenvalue weighted by Crippen LogP contribution is -2.19. The van der Waals surface area contributed by atoms with Crippen LogP contribution in [0.2, 0.25) is 0 Å². The Morgan fingerprint density at radius 3 is 2.50 bits per heavy atom. The lowest BCUT2D eigenvalue weighted by molar-refractivity contribution is 0.509. The number of aromatic nitrogens is 2. The number of hydrogen-bond donors (Lipinski definition) is 1. The first-order chi connectivity index (χ1) is 9.70. The van der Waals surface area contributed by atoms with Gasteiger partial charge in [-0.25, -0.2) is 13.8 Å². The molecule has 0 bridgehead atoms. The average molecular weight is 273 g/mol. The number of hydrogen-bond acceptors (Lipinski definition) is 2. The van der Waals surface area contributed by atoms with Gasteiger partial charge < -0.3 is 10.3 Å². The predicted molar refractivity (Wildman–Crippen MR) is 73.3 cm³/mol. The Morgan fingerprint density at radius 2 is 1.80 bits per heavy atom. The highest BCUT2D eigenvalue weighted by Crippen LogP contribution is 2.24. The molecule has 0 radical (unpaired) electrons. The maximum absolute atomic E-state index is 13.4. The zero-order valence-corrected chi connectivity index (χ0v) is 10.6. The molecule has 1 unspecified atom stereocenters. The molecule has 0 saturated carbocycles. The third kappa shape index (κ3) is 2.06. The van der Waals surface area contributed by atoms with E-state index < -0.39 is 11.6 Å². The lowest BCUT2D eigenvalue weighted by Gasteiger charge is -2.18. The van der Waals surface area contributed by atoms with Gasteiger partial charge in [0.2, 0.25) is 0 Å². The van der Waals surface area contributed by atoms with Gasteiger partial charge in [-0.2, -0.15) is 0 Å². The second-order valence-corrected chi connectivity index (χ2v) is 4.57. The molecule has 0 aliphatic carbocycles. The molecule has 3 aromatic rings. The molecule has 1 atom stereocenters. The van der Waals surface area contributed by atoms with Crippen LogP contribution >= 0.6 is 0 Å². The van der Waals surface area contributed by atoms with Gasteiger partial charge in [0, 0.05) is 18.7 Å². The molecular weight excluding hydrogens is 260 g/mol. The van der Waals surface area contributed by atoms with Crippen molar-refractivity contribution in [2.45, 2.75) is 6.04 Å². The first-order valence-corrected chi connectivity index (χ1v) is 6.27. The van der Waals surface area contributed by atoms with Crippen LogP contribution in [0.3, 0.4) is 0 Å². The monoisotopic (exact) mass is 273 g/mol. The van der Waals surface area contributed by atoms with Gasteiger partial charge in [0.1, 0.15) is 0 Å². The fraction of sp³-hybridized carbons (Fsp3) is 0.133. The Morgan fingerprint density at radius 1 is 1.10 bits per heavy atom. The normalized spacial score (nSPS) is 12.8. The van der Waals surface area contributed by atoms with Gasteiger partial charge in [-0.1, -0.05) is 30.3 Å². The van der Waals surface area contributed by atoms with E-state index in [2.05, 4.69) is 4.98 Å². The fourth-order valence-corrected chi connectivity index (χ4v) is 2.36. The van der Waals surface area contributed by atoms with Crippen molar-refractivity contribution in [3.63, 3.8) is 0 Å². The Labute approximate surface area is 114 Å². The van der Waals surface area contributed by atoms with Gasteiger partial charge in [-0.3, -0.25) is 0 Å². The van der Waals surface area contributed by atoms with Crippen molar-refractivity contribution in [3.8, 4) is 0 Å². The molecule has 1 heterocycles. The van der Waals surface area contributed by atoms with E-state index in [4.69, 9.17) is 5.73 Å². The molecule has 3 rings (SSSR count). The molecule has 2 aromatic carbocycles. The van der Waals surface area contributed by atoms with Crippen molar-refractivity contribution in [3.05, 3.63) is 66.0 Å². The minimum Gasteiger partial charge on any atom is -0.328 e. The zero-order valence-electron chi connectivity index (χ0n) is 10.6. The smallest absolute Gasteiger partial charge is 0.161 e. The van der Waals surface area contributed by atoms with Gasteiger partial charge in [-0.15, -0.1) is 0 Å². The summed E-state index contributed by atoms with van der Waals surface area (Å²) >= 11 is 0. The van der Waals surface area contributed by atoms with Crippen molar-refractivity contribution in [1.82, 2.24) is 9.55 Å². The maximum atomic E-state index is 13.4. The van der Waals surface area contributed by atoms with Crippen LogP contribution < -0.4 is 5.73 Å². The molecule has 5 heteroatoms. The maximum Gasteiger partial charge on any atom is 0.161 e. The summed E-state index contributed by atoms with van der Waals surface area (Å²) in [6.45, 7) is 0.342. The van der Waals surface area contributed by atoms with Crippen LogP contribution in [0, 0.1) is 11.6 Å². The summed E-state index contributed by atoms with van der Waals surface area (Å²) in [6, 6.07) is 11.7. The summed E-state index contributed by atoms with van der Waals surface area (Å²) in [7, 11) is 0. The minimum absolute atomic E-state index is 0.161. The Kier molecular flexibility index (Phi) is 3.20. The van der Waals surface area contributed by atoms with Crippen molar-refractivity contribution in [1.29, 1.82) is 0 Å². The highest BCUT2D eigenvalue weighted by atomic mass is 19.2. The minimum atomic E-state index is -0.897. The van der Waals surface area contributed by atoms with E-state index in [1.807, 2.05) is 30.3 Å². The molecule has 0 amide bonds. The second-order valence-electron chi connectivity index (χ2n) is 4.57. The SMILES string of the molecule is NCC(c1ccccc1)n1cnc2cc(F)c(F)cc21. The van der Waals surface area contributed by atoms with Crippen molar-refractivity contribution >= 4 is 11.0 Å². The molecular formula is C15H13F2N3. The van der Waals surface area contributed by atoms with E-state index >= 15 is 0 Å². The lowest BCUT2D eigenvalue weighted by atomic mass is 10.1. The number of halogens is 2. The predicted octanol–water partition coefficient (Wildman–Crippen LogP) is 2.86. The summed E-state index contributed by atoms with van der Waals surface area (Å²) in [5.74, 6) is -1.78. The van der Waals surface area contributed by atoms with Crippen LogP contribution in [0.25, 0.3) is 11.0 Å². The van der Waals surface area contributed by atoms with Crippen LogP contribution in [0.15, 0.2) is 48.8 Å². The molecule has 0 spiro atoms. The highest BCUT2D eigenvalue weighted by molar-refractivity contribution is 5.75. The Bertz CT molecular complexity index is 737. The first kappa shape index (κ1) is 12.7. The standard InChI is InChI=1S/C15H13F2N3/c16-11-6-13-14(7-12(11)17)20(9-19-13)15(8-18)10-4-2-1-3-5-10/h1-7,9,15H,8,18H2. The van der Waals surface area contributed by atoms with Crippen molar-refractivity contribution in [2.24, 2.45) is 5.73 Å². The van der Waals surface area contributed by atoms with Crippen LogP contribution in [0.5, 0.6) is 0 Å². The molecule has 0 fully saturated rings. The van der Waals surface area contributed by atoms with Crippen molar-refractivity contribution in [2.75, 3.05) is 6.54 Å². The van der Waals surface area contributed by atoms with Gasteiger partial charge in [0.25, 0.3) is 0 Å². The average Bonchev–Trinajstić information content (AvgIpc) is 2.85. The van der Waals surface area contributed by atoms with E-state index in [1.54, 1.807) is 10.9 Å². The molecule has 0 aliphatic heterocycles. The largest absolute Gasteiger partial charge is 0.328 e. The second kappa shape index (κ2) is 5.02. The molecule has 102 valence electrons. The van der Waals surface area contributed by atoms with E-state index in [0.717, 1.165) is 17.7 Å². The van der Waals surface area contributed by atoms with Gasteiger partial charge in [0.05, 0.1) is 23.4 Å². The van der Waals surface area contributed by atoms with Gasteiger partial charge >= 0.3 is 0 Å². The summed E-state index contributed by atoms with van der Waals surface area (Å²) in [5, 5.41) is 0. The van der Waals surface area contributed by atoms with Gasteiger partial charge in [0.15, 0.2) is 11.6 Å². The van der Waals surface area contributed by atoms with Crippen LogP contribution in [0.1, 0.15) is 11.6 Å². The summed E-state index contributed by atoms with van der Waals surface area (Å²) in [5.41, 5.74) is 7.78. The third-order valence-electron chi connectivity index (χ3n) is 3.36. The molecule has 20 heavy (non-hydrogen) atoms. The van der Waals surface area contributed by atoms with E-state index in [1.165, 1.54) is 0 Å². The summed E-state index contributed by atoms with van der Waals surface area (Å²) in [4.78, 5) is 4.12. The Balaban J connectivity index is 2.15. The number of fused-ring (bicyclic) bond motifs is 1. The first-order valence-electron chi connectivity index (χ1n) is 6.27. The number of imidazole rings is 1. The molecule has 0 aliphatic rings. The fourth-order valence-electron chi connectivity index (χ4n) is 2.36.